The van der Waals surface area contributed by atoms with Crippen LogP contribution in [0.15, 0.2) is 41.3 Å². The van der Waals surface area contributed by atoms with Crippen LogP contribution in [0.5, 0.6) is 0 Å². The number of carbonyl (C=O) groups is 2. The maximum absolute atomic E-state index is 12.6. The number of aromatic amines is 1. The molecule has 0 saturated heterocycles. The number of carbonyl (C=O) groups excluding carboxylic acids is 2. The van der Waals surface area contributed by atoms with Crippen LogP contribution in [0, 0.1) is 0 Å². The number of aryl methyl sites for hydroxylation is 2. The van der Waals surface area contributed by atoms with Crippen LogP contribution in [0.4, 0.5) is 0 Å². The summed E-state index contributed by atoms with van der Waals surface area (Å²) >= 11 is 1.48. The maximum atomic E-state index is 12.6. The topological polar surface area (TPSA) is 108 Å². The number of hydrazine groups is 1. The molecular formula is C21H19N5O3S. The molecule has 3 N–H and O–H groups in total. The number of fused-ring (bicyclic) bond motifs is 4. The fourth-order valence-electron chi connectivity index (χ4n) is 3.86. The normalized spacial score (nSPS) is 13.7. The maximum Gasteiger partial charge on any atom is 0.279 e. The van der Waals surface area contributed by atoms with E-state index in [-0.39, 0.29) is 22.7 Å². The van der Waals surface area contributed by atoms with Crippen molar-refractivity contribution in [1.29, 1.82) is 0 Å². The Labute approximate surface area is 174 Å². The van der Waals surface area contributed by atoms with Crippen LogP contribution in [0.2, 0.25) is 0 Å². The third-order valence-electron chi connectivity index (χ3n) is 5.38. The lowest BCUT2D eigenvalue weighted by atomic mass is 10.1. The molecule has 0 fully saturated rings. The first-order valence-electron chi connectivity index (χ1n) is 9.83. The molecule has 0 atom stereocenters. The van der Waals surface area contributed by atoms with E-state index in [0.717, 1.165) is 25.7 Å². The number of benzene rings is 1. The summed E-state index contributed by atoms with van der Waals surface area (Å²) < 4.78 is 1.50. The molecule has 0 spiro atoms. The molecule has 0 saturated carbocycles. The molecule has 30 heavy (non-hydrogen) atoms. The van der Waals surface area contributed by atoms with E-state index in [1.165, 1.54) is 38.9 Å². The Kier molecular flexibility index (Phi) is 4.59. The summed E-state index contributed by atoms with van der Waals surface area (Å²) in [6.07, 6.45) is 6.87. The molecular weight excluding hydrogens is 402 g/mol. The number of H-pyrrole nitrogens is 1. The molecule has 2 amide bonds. The highest BCUT2D eigenvalue weighted by molar-refractivity contribution is 7.14. The van der Waals surface area contributed by atoms with Gasteiger partial charge in [0.2, 0.25) is 0 Å². The second-order valence-corrected chi connectivity index (χ2v) is 8.45. The van der Waals surface area contributed by atoms with Gasteiger partial charge in [-0.05, 0) is 49.4 Å². The van der Waals surface area contributed by atoms with Crippen LogP contribution in [0.1, 0.15) is 49.7 Å². The molecule has 1 aliphatic rings. The first-order chi connectivity index (χ1) is 14.6. The monoisotopic (exact) mass is 421 g/mol. The van der Waals surface area contributed by atoms with Gasteiger partial charge < -0.3 is 4.98 Å². The second-order valence-electron chi connectivity index (χ2n) is 7.32. The predicted octanol–water partition coefficient (Wildman–Crippen LogP) is 2.58. The van der Waals surface area contributed by atoms with Gasteiger partial charge in [0, 0.05) is 4.88 Å². The highest BCUT2D eigenvalue weighted by atomic mass is 32.1. The fraction of sp³-hybridized carbons (Fsp3) is 0.238. The van der Waals surface area contributed by atoms with Crippen molar-refractivity contribution in [3.8, 4) is 0 Å². The number of nitrogens with one attached hydrogen (secondary N) is 3. The Hall–Kier alpha value is -3.46. The first-order valence-corrected chi connectivity index (χ1v) is 10.6. The third-order valence-corrected chi connectivity index (χ3v) is 6.62. The Bertz CT molecular complexity index is 1330. The SMILES string of the molecule is O=C(NNC(=O)c1cnn2c1[nH]c(=O)c1ccccc12)c1cc2c(s1)CCCCC2. The summed E-state index contributed by atoms with van der Waals surface area (Å²) in [5.74, 6) is -0.903. The van der Waals surface area contributed by atoms with E-state index in [9.17, 15) is 14.4 Å². The van der Waals surface area contributed by atoms with Crippen molar-refractivity contribution in [3.63, 3.8) is 0 Å². The van der Waals surface area contributed by atoms with E-state index in [1.807, 2.05) is 6.07 Å². The number of hydrogen-bond donors (Lipinski definition) is 3. The number of hydrogen-bond acceptors (Lipinski definition) is 5. The van der Waals surface area contributed by atoms with Gasteiger partial charge >= 0.3 is 0 Å². The highest BCUT2D eigenvalue weighted by Crippen LogP contribution is 2.28. The van der Waals surface area contributed by atoms with Crippen molar-refractivity contribution < 1.29 is 9.59 Å². The quantitative estimate of drug-likeness (QED) is 0.341. The van der Waals surface area contributed by atoms with Gasteiger partial charge in [0.25, 0.3) is 17.4 Å². The molecule has 1 aromatic carbocycles. The van der Waals surface area contributed by atoms with Crippen molar-refractivity contribution >= 4 is 39.7 Å². The molecule has 0 bridgehead atoms. The predicted molar refractivity (Wildman–Crippen MR) is 114 cm³/mol. The van der Waals surface area contributed by atoms with Gasteiger partial charge in [0.15, 0.2) is 0 Å². The molecule has 8 nitrogen and oxygen atoms in total. The van der Waals surface area contributed by atoms with Gasteiger partial charge in [0.1, 0.15) is 11.2 Å². The van der Waals surface area contributed by atoms with Gasteiger partial charge in [-0.15, -0.1) is 11.3 Å². The minimum absolute atomic E-state index is 0.167. The molecule has 9 heteroatoms. The number of nitrogens with zero attached hydrogens (tertiary/aromatic N) is 2. The van der Waals surface area contributed by atoms with Crippen LogP contribution >= 0.6 is 11.3 Å². The second kappa shape index (κ2) is 7.42. The zero-order valence-electron chi connectivity index (χ0n) is 16.0. The number of amides is 2. The molecule has 1 aliphatic carbocycles. The zero-order valence-corrected chi connectivity index (χ0v) is 16.8. The van der Waals surface area contributed by atoms with Crippen LogP contribution < -0.4 is 16.4 Å². The summed E-state index contributed by atoms with van der Waals surface area (Å²) in [5, 5.41) is 4.70. The Morgan fingerprint density at radius 3 is 2.77 bits per heavy atom. The summed E-state index contributed by atoms with van der Waals surface area (Å²) in [4.78, 5) is 42.0. The summed E-state index contributed by atoms with van der Waals surface area (Å²) in [5.41, 5.74) is 6.86. The number of rotatable bonds is 2. The molecule has 152 valence electrons. The lowest BCUT2D eigenvalue weighted by Crippen LogP contribution is -2.41. The highest BCUT2D eigenvalue weighted by Gasteiger charge is 2.19. The van der Waals surface area contributed by atoms with Crippen molar-refractivity contribution in [3.05, 3.63) is 67.8 Å². The van der Waals surface area contributed by atoms with Gasteiger partial charge in [-0.1, -0.05) is 18.6 Å². The Balaban J connectivity index is 1.36. The number of aromatic nitrogens is 3. The van der Waals surface area contributed by atoms with E-state index < -0.39 is 5.91 Å². The standard InChI is InChI=1S/C21H19N5O3S/c27-19-13-7-4-5-8-15(13)26-18(23-19)14(11-22-26)20(28)24-25-21(29)17-10-12-6-2-1-3-9-16(12)30-17/h4-5,7-8,10-11H,1-3,6,9H2,(H,23,27)(H,24,28)(H,25,29). The average molecular weight is 421 g/mol. The summed E-state index contributed by atoms with van der Waals surface area (Å²) in [7, 11) is 0. The number of thiophene rings is 1. The van der Waals surface area contributed by atoms with E-state index >= 15 is 0 Å². The third kappa shape index (κ3) is 3.17. The first kappa shape index (κ1) is 18.6. The average Bonchev–Trinajstić information content (AvgIpc) is 3.30. The van der Waals surface area contributed by atoms with Crippen LogP contribution in [0.3, 0.4) is 0 Å². The van der Waals surface area contributed by atoms with Crippen LogP contribution in [-0.4, -0.2) is 26.4 Å². The molecule has 4 aromatic rings. The lowest BCUT2D eigenvalue weighted by molar-refractivity contribution is 0.0849. The van der Waals surface area contributed by atoms with Crippen molar-refractivity contribution in [1.82, 2.24) is 25.4 Å². The Morgan fingerprint density at radius 2 is 1.87 bits per heavy atom. The van der Waals surface area contributed by atoms with Gasteiger partial charge in [-0.3, -0.25) is 25.2 Å². The van der Waals surface area contributed by atoms with Crippen molar-refractivity contribution in [2.45, 2.75) is 32.1 Å². The minimum Gasteiger partial charge on any atom is -0.306 e. The van der Waals surface area contributed by atoms with Crippen LogP contribution in [0.25, 0.3) is 16.6 Å². The number of para-hydroxylation sites is 1. The van der Waals surface area contributed by atoms with Gasteiger partial charge in [-0.25, -0.2) is 4.52 Å². The molecule has 3 aromatic heterocycles. The van der Waals surface area contributed by atoms with Crippen molar-refractivity contribution in [2.75, 3.05) is 0 Å². The van der Waals surface area contributed by atoms with E-state index in [2.05, 4.69) is 20.9 Å². The van der Waals surface area contributed by atoms with Crippen molar-refractivity contribution in [2.24, 2.45) is 0 Å². The largest absolute Gasteiger partial charge is 0.306 e. The van der Waals surface area contributed by atoms with E-state index in [0.29, 0.717) is 15.8 Å². The van der Waals surface area contributed by atoms with E-state index in [1.54, 1.807) is 24.3 Å². The molecule has 0 radical (unpaired) electrons. The fourth-order valence-corrected chi connectivity index (χ4v) is 5.01. The summed E-state index contributed by atoms with van der Waals surface area (Å²) in [6, 6.07) is 8.93. The molecule has 0 aliphatic heterocycles. The lowest BCUT2D eigenvalue weighted by Gasteiger charge is -2.06. The van der Waals surface area contributed by atoms with Gasteiger partial charge in [-0.2, -0.15) is 5.10 Å². The van der Waals surface area contributed by atoms with Crippen LogP contribution in [-0.2, 0) is 12.8 Å². The van der Waals surface area contributed by atoms with Gasteiger partial charge in [0.05, 0.1) is 22.0 Å². The Morgan fingerprint density at radius 1 is 1.07 bits per heavy atom. The smallest absolute Gasteiger partial charge is 0.279 e. The molecule has 5 rings (SSSR count). The summed E-state index contributed by atoms with van der Waals surface area (Å²) in [6.45, 7) is 0. The van der Waals surface area contributed by atoms with E-state index in [4.69, 9.17) is 0 Å². The molecule has 3 heterocycles. The molecule has 0 unspecified atom stereocenters. The zero-order chi connectivity index (χ0) is 20.7. The minimum atomic E-state index is -0.553.